The third-order valence-corrected chi connectivity index (χ3v) is 3.85. The number of hydrogen-bond acceptors (Lipinski definition) is 5. The number of nitrogens with zero attached hydrogens (tertiary/aromatic N) is 4. The van der Waals surface area contributed by atoms with Gasteiger partial charge in [-0.25, -0.2) is 0 Å². The fraction of sp³-hybridized carbons (Fsp3) is 0.800. The van der Waals surface area contributed by atoms with E-state index < -0.39 is 0 Å². The van der Waals surface area contributed by atoms with Crippen LogP contribution in [0.5, 0.6) is 0 Å². The highest BCUT2D eigenvalue weighted by Crippen LogP contribution is 2.09. The van der Waals surface area contributed by atoms with Crippen LogP contribution < -0.4 is 10.6 Å². The molecular formula is C15H29IN6O. The standard InChI is InChI=1S/C15H28N6O.HI/c1-13-19-14(20-22-13)12-18-15(16-2)17-8-7-11-21-9-5-3-4-6-10-21;/h3-12H2,1-2H3,(H2,16,17,18);1H. The monoisotopic (exact) mass is 436 g/mol. The van der Waals surface area contributed by atoms with E-state index >= 15 is 0 Å². The van der Waals surface area contributed by atoms with Crippen LogP contribution in [-0.4, -0.2) is 54.2 Å². The number of rotatable bonds is 6. The number of likely N-dealkylation sites (tertiary alicyclic amines) is 1. The fourth-order valence-corrected chi connectivity index (χ4v) is 2.67. The van der Waals surface area contributed by atoms with E-state index in [1.807, 2.05) is 0 Å². The van der Waals surface area contributed by atoms with Crippen molar-refractivity contribution in [3.8, 4) is 0 Å². The minimum atomic E-state index is 0. The van der Waals surface area contributed by atoms with Crippen molar-refractivity contribution in [3.05, 3.63) is 11.7 Å². The average molecular weight is 436 g/mol. The Morgan fingerprint density at radius 1 is 1.22 bits per heavy atom. The molecule has 2 rings (SSSR count). The minimum Gasteiger partial charge on any atom is -0.356 e. The van der Waals surface area contributed by atoms with Crippen LogP contribution in [0.2, 0.25) is 0 Å². The number of aryl methyl sites for hydroxylation is 1. The van der Waals surface area contributed by atoms with Gasteiger partial charge in [0.05, 0.1) is 6.54 Å². The van der Waals surface area contributed by atoms with Gasteiger partial charge in [-0.3, -0.25) is 4.99 Å². The van der Waals surface area contributed by atoms with Crippen LogP contribution in [0.25, 0.3) is 0 Å². The lowest BCUT2D eigenvalue weighted by Gasteiger charge is -2.20. The number of aliphatic imine (C=N–C) groups is 1. The van der Waals surface area contributed by atoms with E-state index in [0.29, 0.717) is 18.3 Å². The molecule has 1 aliphatic rings. The van der Waals surface area contributed by atoms with Gasteiger partial charge in [-0.2, -0.15) is 4.98 Å². The third kappa shape index (κ3) is 7.96. The van der Waals surface area contributed by atoms with Crippen LogP contribution in [0.4, 0.5) is 0 Å². The molecule has 0 saturated carbocycles. The molecule has 8 heteroatoms. The third-order valence-electron chi connectivity index (χ3n) is 3.85. The van der Waals surface area contributed by atoms with Crippen molar-refractivity contribution < 1.29 is 4.52 Å². The lowest BCUT2D eigenvalue weighted by Crippen LogP contribution is -2.38. The van der Waals surface area contributed by atoms with E-state index in [9.17, 15) is 0 Å². The highest BCUT2D eigenvalue weighted by Gasteiger charge is 2.08. The SMILES string of the molecule is CN=C(NCCCN1CCCCCC1)NCc1noc(C)n1.I. The molecule has 0 radical (unpaired) electrons. The molecule has 1 aromatic rings. The van der Waals surface area contributed by atoms with Crippen molar-refractivity contribution in [2.45, 2.75) is 45.6 Å². The minimum absolute atomic E-state index is 0. The summed E-state index contributed by atoms with van der Waals surface area (Å²) in [4.78, 5) is 10.9. The average Bonchev–Trinajstić information content (AvgIpc) is 2.78. The summed E-state index contributed by atoms with van der Waals surface area (Å²) < 4.78 is 4.94. The first-order chi connectivity index (χ1) is 10.8. The van der Waals surface area contributed by atoms with Crippen molar-refractivity contribution in [1.29, 1.82) is 0 Å². The maximum atomic E-state index is 4.94. The highest BCUT2D eigenvalue weighted by atomic mass is 127. The first kappa shape index (κ1) is 20.1. The van der Waals surface area contributed by atoms with Gasteiger partial charge in [0.25, 0.3) is 0 Å². The van der Waals surface area contributed by atoms with Crippen molar-refractivity contribution in [3.63, 3.8) is 0 Å². The predicted molar refractivity (Wildman–Crippen MR) is 102 cm³/mol. The van der Waals surface area contributed by atoms with Crippen LogP contribution in [0, 0.1) is 6.92 Å². The summed E-state index contributed by atoms with van der Waals surface area (Å²) in [7, 11) is 1.77. The second-order valence-corrected chi connectivity index (χ2v) is 5.69. The summed E-state index contributed by atoms with van der Waals surface area (Å²) in [6, 6.07) is 0. The van der Waals surface area contributed by atoms with Crippen molar-refractivity contribution in [2.24, 2.45) is 4.99 Å². The van der Waals surface area contributed by atoms with Crippen molar-refractivity contribution in [2.75, 3.05) is 33.2 Å². The molecule has 132 valence electrons. The lowest BCUT2D eigenvalue weighted by molar-refractivity contribution is 0.282. The topological polar surface area (TPSA) is 78.6 Å². The Labute approximate surface area is 155 Å². The fourth-order valence-electron chi connectivity index (χ4n) is 2.67. The molecule has 1 aliphatic heterocycles. The van der Waals surface area contributed by atoms with Gasteiger partial charge in [-0.05, 0) is 38.9 Å². The molecule has 7 nitrogen and oxygen atoms in total. The molecule has 0 unspecified atom stereocenters. The maximum Gasteiger partial charge on any atom is 0.223 e. The van der Waals surface area contributed by atoms with Crippen LogP contribution in [0.3, 0.4) is 0 Å². The van der Waals surface area contributed by atoms with Gasteiger partial charge in [-0.15, -0.1) is 24.0 Å². The molecule has 0 spiro atoms. The van der Waals surface area contributed by atoms with Gasteiger partial charge < -0.3 is 20.1 Å². The molecular weight excluding hydrogens is 407 g/mol. The Kier molecular flexibility index (Phi) is 10.2. The summed E-state index contributed by atoms with van der Waals surface area (Å²) in [6.07, 6.45) is 6.60. The number of halogens is 1. The normalized spacial score (nSPS) is 16.5. The largest absolute Gasteiger partial charge is 0.356 e. The zero-order valence-electron chi connectivity index (χ0n) is 14.2. The summed E-state index contributed by atoms with van der Waals surface area (Å²) >= 11 is 0. The van der Waals surface area contributed by atoms with Crippen LogP contribution in [0.1, 0.15) is 43.8 Å². The number of guanidine groups is 1. The zero-order valence-corrected chi connectivity index (χ0v) is 16.5. The molecule has 1 aromatic heterocycles. The zero-order chi connectivity index (χ0) is 15.6. The second-order valence-electron chi connectivity index (χ2n) is 5.69. The molecule has 0 bridgehead atoms. The Bertz CT molecular complexity index is 457. The van der Waals surface area contributed by atoms with Crippen LogP contribution in [-0.2, 0) is 6.54 Å². The van der Waals surface area contributed by atoms with E-state index in [1.54, 1.807) is 14.0 Å². The van der Waals surface area contributed by atoms with Crippen molar-refractivity contribution in [1.82, 2.24) is 25.7 Å². The summed E-state index contributed by atoms with van der Waals surface area (Å²) in [6.45, 7) is 6.89. The quantitative estimate of drug-likeness (QED) is 0.307. The molecule has 0 atom stereocenters. The van der Waals surface area contributed by atoms with Gasteiger partial charge in [-0.1, -0.05) is 18.0 Å². The summed E-state index contributed by atoms with van der Waals surface area (Å²) in [5, 5.41) is 10.4. The molecule has 2 N–H and O–H groups in total. The van der Waals surface area contributed by atoms with Gasteiger partial charge >= 0.3 is 0 Å². The summed E-state index contributed by atoms with van der Waals surface area (Å²) in [5.41, 5.74) is 0. The lowest BCUT2D eigenvalue weighted by atomic mass is 10.2. The Balaban J connectivity index is 0.00000264. The number of aromatic nitrogens is 2. The maximum absolute atomic E-state index is 4.94. The Morgan fingerprint density at radius 3 is 2.57 bits per heavy atom. The van der Waals surface area contributed by atoms with Crippen molar-refractivity contribution >= 4 is 29.9 Å². The molecule has 1 saturated heterocycles. The summed E-state index contributed by atoms with van der Waals surface area (Å²) in [5.74, 6) is 2.00. The molecule has 0 amide bonds. The molecule has 0 aliphatic carbocycles. The van der Waals surface area contributed by atoms with Crippen LogP contribution in [0.15, 0.2) is 9.52 Å². The molecule has 0 aromatic carbocycles. The molecule has 23 heavy (non-hydrogen) atoms. The molecule has 1 fully saturated rings. The Hall–Kier alpha value is -0.900. The first-order valence-corrected chi connectivity index (χ1v) is 8.24. The molecule has 2 heterocycles. The van der Waals surface area contributed by atoms with Gasteiger partial charge in [0.1, 0.15) is 0 Å². The number of hydrogen-bond donors (Lipinski definition) is 2. The van der Waals surface area contributed by atoms with Crippen LogP contribution >= 0.6 is 24.0 Å². The smallest absolute Gasteiger partial charge is 0.223 e. The van der Waals surface area contributed by atoms with E-state index in [2.05, 4.69) is 30.7 Å². The van der Waals surface area contributed by atoms with E-state index in [4.69, 9.17) is 4.52 Å². The predicted octanol–water partition coefficient (Wildman–Crippen LogP) is 1.93. The van der Waals surface area contributed by atoms with E-state index in [0.717, 1.165) is 25.5 Å². The highest BCUT2D eigenvalue weighted by molar-refractivity contribution is 14.0. The second kappa shape index (κ2) is 11.6. The number of nitrogens with one attached hydrogen (secondary N) is 2. The van der Waals surface area contributed by atoms with Gasteiger partial charge in [0, 0.05) is 20.5 Å². The van der Waals surface area contributed by atoms with Gasteiger partial charge in [0.2, 0.25) is 5.89 Å². The first-order valence-electron chi connectivity index (χ1n) is 8.24. The van der Waals surface area contributed by atoms with E-state index in [1.165, 1.54) is 38.8 Å². The van der Waals surface area contributed by atoms with E-state index in [-0.39, 0.29) is 24.0 Å². The Morgan fingerprint density at radius 2 is 1.96 bits per heavy atom. The van der Waals surface area contributed by atoms with Gasteiger partial charge in [0.15, 0.2) is 11.8 Å².